The van der Waals surface area contributed by atoms with Crippen LogP contribution in [0.4, 0.5) is 16.2 Å². The third kappa shape index (κ3) is 5.84. The van der Waals surface area contributed by atoms with Crippen molar-refractivity contribution in [3.8, 4) is 0 Å². The molecule has 0 unspecified atom stereocenters. The van der Waals surface area contributed by atoms with Crippen molar-refractivity contribution < 1.29 is 14.4 Å². The highest BCUT2D eigenvalue weighted by molar-refractivity contribution is 5.99. The zero-order valence-corrected chi connectivity index (χ0v) is 16.0. The summed E-state index contributed by atoms with van der Waals surface area (Å²) in [5, 5.41) is 10.9. The van der Waals surface area contributed by atoms with Gasteiger partial charge in [-0.2, -0.15) is 0 Å². The summed E-state index contributed by atoms with van der Waals surface area (Å²) in [5.74, 6) is -0.618. The first-order valence-corrected chi connectivity index (χ1v) is 9.23. The van der Waals surface area contributed by atoms with Crippen molar-refractivity contribution in [3.05, 3.63) is 59.2 Å². The predicted molar refractivity (Wildman–Crippen MR) is 108 cm³/mol. The average molecular weight is 380 g/mol. The largest absolute Gasteiger partial charge is 0.343 e. The van der Waals surface area contributed by atoms with Crippen LogP contribution in [-0.4, -0.2) is 30.4 Å². The standard InChI is InChI=1S/C21H24N4O3/c1-13-9-14(2)11-15(10-13)20(27)22-12-19(26)23-16-3-5-17(6-4-16)24-21(28)25-18-7-8-18/h3-6,9-11,18H,7-8,12H2,1-2H3,(H,22,27)(H,23,26)(H2,24,25,28). The lowest BCUT2D eigenvalue weighted by atomic mass is 10.1. The molecule has 2 aromatic rings. The summed E-state index contributed by atoms with van der Waals surface area (Å²) in [6.45, 7) is 3.71. The molecule has 7 heteroatoms. The first-order valence-electron chi connectivity index (χ1n) is 9.23. The fourth-order valence-corrected chi connectivity index (χ4v) is 2.79. The van der Waals surface area contributed by atoms with Gasteiger partial charge in [0.05, 0.1) is 6.54 Å². The Morgan fingerprint density at radius 2 is 1.46 bits per heavy atom. The second-order valence-electron chi connectivity index (χ2n) is 7.06. The number of rotatable bonds is 6. The van der Waals surface area contributed by atoms with Gasteiger partial charge < -0.3 is 21.3 Å². The third-order valence-electron chi connectivity index (χ3n) is 4.23. The van der Waals surface area contributed by atoms with Crippen LogP contribution in [0.5, 0.6) is 0 Å². The second kappa shape index (κ2) is 8.56. The van der Waals surface area contributed by atoms with Crippen LogP contribution < -0.4 is 21.3 Å². The van der Waals surface area contributed by atoms with Crippen LogP contribution in [0.1, 0.15) is 34.3 Å². The lowest BCUT2D eigenvalue weighted by Gasteiger charge is -2.10. The van der Waals surface area contributed by atoms with E-state index in [2.05, 4.69) is 21.3 Å². The number of anilines is 2. The summed E-state index contributed by atoms with van der Waals surface area (Å²) in [4.78, 5) is 36.0. The Labute approximate surface area is 163 Å². The molecule has 146 valence electrons. The monoisotopic (exact) mass is 380 g/mol. The number of hydrogen-bond acceptors (Lipinski definition) is 3. The lowest BCUT2D eigenvalue weighted by molar-refractivity contribution is -0.115. The minimum atomic E-state index is -0.329. The van der Waals surface area contributed by atoms with E-state index in [1.807, 2.05) is 19.9 Å². The third-order valence-corrected chi connectivity index (χ3v) is 4.23. The molecule has 0 bridgehead atoms. The number of nitrogens with one attached hydrogen (secondary N) is 4. The highest BCUT2D eigenvalue weighted by Crippen LogP contribution is 2.19. The van der Waals surface area contributed by atoms with Crippen molar-refractivity contribution in [2.45, 2.75) is 32.7 Å². The number of carbonyl (C=O) groups is 3. The molecule has 0 aliphatic heterocycles. The topological polar surface area (TPSA) is 99.3 Å². The second-order valence-corrected chi connectivity index (χ2v) is 7.06. The van der Waals surface area contributed by atoms with E-state index in [9.17, 15) is 14.4 Å². The summed E-state index contributed by atoms with van der Waals surface area (Å²) >= 11 is 0. The van der Waals surface area contributed by atoms with Crippen LogP contribution in [0.3, 0.4) is 0 Å². The number of carbonyl (C=O) groups excluding carboxylic acids is 3. The molecule has 0 heterocycles. The van der Waals surface area contributed by atoms with Crippen LogP contribution in [0.2, 0.25) is 0 Å². The van der Waals surface area contributed by atoms with Gasteiger partial charge in [0.1, 0.15) is 0 Å². The molecule has 0 radical (unpaired) electrons. The van der Waals surface area contributed by atoms with Gasteiger partial charge in [-0.25, -0.2) is 4.79 Å². The van der Waals surface area contributed by atoms with E-state index in [4.69, 9.17) is 0 Å². The molecule has 0 aromatic heterocycles. The molecule has 7 nitrogen and oxygen atoms in total. The van der Waals surface area contributed by atoms with Crippen molar-refractivity contribution in [1.82, 2.24) is 10.6 Å². The number of amides is 4. The summed E-state index contributed by atoms with van der Waals surface area (Å²) in [5.41, 5.74) is 3.74. The normalized spacial score (nSPS) is 12.8. The predicted octanol–water partition coefficient (Wildman–Crippen LogP) is 2.96. The molecule has 0 atom stereocenters. The number of aryl methyl sites for hydroxylation is 2. The van der Waals surface area contributed by atoms with Gasteiger partial charge in [-0.05, 0) is 63.1 Å². The minimum absolute atomic E-state index is 0.129. The Hall–Kier alpha value is -3.35. The molecule has 1 aliphatic carbocycles. The van der Waals surface area contributed by atoms with Gasteiger partial charge in [0.2, 0.25) is 5.91 Å². The molecule has 1 fully saturated rings. The van der Waals surface area contributed by atoms with Gasteiger partial charge in [0.25, 0.3) is 5.91 Å². The summed E-state index contributed by atoms with van der Waals surface area (Å²) in [7, 11) is 0. The lowest BCUT2D eigenvalue weighted by Crippen LogP contribution is -2.33. The quantitative estimate of drug-likeness (QED) is 0.620. The molecule has 28 heavy (non-hydrogen) atoms. The number of hydrogen-bond donors (Lipinski definition) is 4. The van der Waals surface area contributed by atoms with Crippen molar-refractivity contribution in [1.29, 1.82) is 0 Å². The fourth-order valence-electron chi connectivity index (χ4n) is 2.79. The maximum absolute atomic E-state index is 12.2. The maximum Gasteiger partial charge on any atom is 0.319 e. The maximum atomic E-state index is 12.2. The fraction of sp³-hybridized carbons (Fsp3) is 0.286. The molecule has 2 aromatic carbocycles. The van der Waals surface area contributed by atoms with Crippen LogP contribution in [-0.2, 0) is 4.79 Å². The molecule has 4 amide bonds. The summed E-state index contributed by atoms with van der Waals surface area (Å²) in [6, 6.07) is 12.4. The molecule has 0 saturated heterocycles. The van der Waals surface area contributed by atoms with Gasteiger partial charge in [0.15, 0.2) is 0 Å². The van der Waals surface area contributed by atoms with E-state index >= 15 is 0 Å². The highest BCUT2D eigenvalue weighted by atomic mass is 16.2. The van der Waals surface area contributed by atoms with Gasteiger partial charge in [-0.15, -0.1) is 0 Å². The zero-order valence-electron chi connectivity index (χ0n) is 16.0. The Kier molecular flexibility index (Phi) is 5.93. The van der Waals surface area contributed by atoms with Crippen molar-refractivity contribution in [2.24, 2.45) is 0 Å². The highest BCUT2D eigenvalue weighted by Gasteiger charge is 2.23. The van der Waals surface area contributed by atoms with Crippen molar-refractivity contribution >= 4 is 29.2 Å². The van der Waals surface area contributed by atoms with Crippen LogP contribution in [0.15, 0.2) is 42.5 Å². The molecule has 1 saturated carbocycles. The van der Waals surface area contributed by atoms with Crippen molar-refractivity contribution in [2.75, 3.05) is 17.2 Å². The average Bonchev–Trinajstić information content (AvgIpc) is 3.44. The Morgan fingerprint density at radius 1 is 0.893 bits per heavy atom. The SMILES string of the molecule is Cc1cc(C)cc(C(=O)NCC(=O)Nc2ccc(NC(=O)NC3CC3)cc2)c1. The van der Waals surface area contributed by atoms with E-state index in [0.717, 1.165) is 24.0 Å². The Bertz CT molecular complexity index is 869. The number of urea groups is 1. The van der Waals surface area contributed by atoms with E-state index < -0.39 is 0 Å². The van der Waals surface area contributed by atoms with Crippen LogP contribution >= 0.6 is 0 Å². The van der Waals surface area contributed by atoms with Crippen molar-refractivity contribution in [3.63, 3.8) is 0 Å². The zero-order chi connectivity index (χ0) is 20.1. The van der Waals surface area contributed by atoms with Gasteiger partial charge >= 0.3 is 6.03 Å². The summed E-state index contributed by atoms with van der Waals surface area (Å²) in [6.07, 6.45) is 2.05. The van der Waals surface area contributed by atoms with Gasteiger partial charge in [-0.1, -0.05) is 17.2 Å². The minimum Gasteiger partial charge on any atom is -0.343 e. The van der Waals surface area contributed by atoms with Crippen LogP contribution in [0.25, 0.3) is 0 Å². The molecule has 4 N–H and O–H groups in total. The molecular formula is C21H24N4O3. The Balaban J connectivity index is 1.46. The van der Waals surface area contributed by atoms with Gasteiger partial charge in [-0.3, -0.25) is 9.59 Å². The Morgan fingerprint density at radius 3 is 2.04 bits per heavy atom. The number of benzene rings is 2. The van der Waals surface area contributed by atoms with E-state index in [1.54, 1.807) is 36.4 Å². The molecule has 0 spiro atoms. The van der Waals surface area contributed by atoms with E-state index in [0.29, 0.717) is 16.9 Å². The van der Waals surface area contributed by atoms with Gasteiger partial charge in [0, 0.05) is 23.0 Å². The smallest absolute Gasteiger partial charge is 0.319 e. The summed E-state index contributed by atoms with van der Waals surface area (Å²) < 4.78 is 0. The first-order chi connectivity index (χ1) is 13.4. The molecule has 1 aliphatic rings. The molecule has 3 rings (SSSR count). The van der Waals surface area contributed by atoms with E-state index in [1.165, 1.54) is 0 Å². The first kappa shape index (κ1) is 19.4. The van der Waals surface area contributed by atoms with E-state index in [-0.39, 0.29) is 30.4 Å². The molecular weight excluding hydrogens is 356 g/mol. The van der Waals surface area contributed by atoms with Crippen LogP contribution in [0, 0.1) is 13.8 Å².